The molecule has 28 heavy (non-hydrogen) atoms. The fraction of sp³-hybridized carbons (Fsp3) is 0.435. The molecular formula is C23H26FNO3. The zero-order valence-electron chi connectivity index (χ0n) is 16.1. The van der Waals surface area contributed by atoms with Crippen LogP contribution in [0, 0.1) is 11.7 Å². The van der Waals surface area contributed by atoms with E-state index in [4.69, 9.17) is 4.74 Å². The van der Waals surface area contributed by atoms with Crippen molar-refractivity contribution in [2.75, 3.05) is 13.7 Å². The second-order valence-corrected chi connectivity index (χ2v) is 7.93. The summed E-state index contributed by atoms with van der Waals surface area (Å²) in [5.74, 6) is 0.119. The molecule has 4 nitrogen and oxygen atoms in total. The van der Waals surface area contributed by atoms with Crippen LogP contribution in [0.25, 0.3) is 0 Å². The van der Waals surface area contributed by atoms with Crippen LogP contribution in [0.2, 0.25) is 0 Å². The molecule has 1 heterocycles. The lowest BCUT2D eigenvalue weighted by molar-refractivity contribution is -0.115. The minimum atomic E-state index is -0.748. The maximum Gasteiger partial charge on any atom is 0.254 e. The normalized spacial score (nSPS) is 27.2. The van der Waals surface area contributed by atoms with Crippen LogP contribution in [-0.2, 0) is 0 Å². The lowest BCUT2D eigenvalue weighted by Crippen LogP contribution is -2.56. The first-order valence-electron chi connectivity index (χ1n) is 9.95. The van der Waals surface area contributed by atoms with Crippen molar-refractivity contribution < 1.29 is 19.0 Å². The van der Waals surface area contributed by atoms with Crippen molar-refractivity contribution in [3.63, 3.8) is 0 Å². The highest BCUT2D eigenvalue weighted by Gasteiger charge is 2.50. The molecule has 148 valence electrons. The van der Waals surface area contributed by atoms with Crippen molar-refractivity contribution in [3.05, 3.63) is 65.5 Å². The molecule has 2 aromatic carbocycles. The number of carbonyl (C=O) groups excluding carboxylic acids is 1. The Hall–Kier alpha value is -2.40. The van der Waals surface area contributed by atoms with Crippen LogP contribution in [0.1, 0.15) is 54.1 Å². The highest BCUT2D eigenvalue weighted by molar-refractivity contribution is 5.94. The van der Waals surface area contributed by atoms with Crippen LogP contribution < -0.4 is 4.74 Å². The third kappa shape index (κ3) is 3.39. The highest BCUT2D eigenvalue weighted by atomic mass is 19.1. The number of likely N-dealkylation sites (tertiary alicyclic amines) is 1. The Morgan fingerprint density at radius 1 is 1.18 bits per heavy atom. The Bertz CT molecular complexity index is 853. The monoisotopic (exact) mass is 383 g/mol. The Kier molecular flexibility index (Phi) is 5.11. The van der Waals surface area contributed by atoms with E-state index in [0.717, 1.165) is 37.0 Å². The van der Waals surface area contributed by atoms with Crippen molar-refractivity contribution in [1.29, 1.82) is 0 Å². The van der Waals surface area contributed by atoms with Gasteiger partial charge in [-0.2, -0.15) is 0 Å². The van der Waals surface area contributed by atoms with Gasteiger partial charge in [0.25, 0.3) is 5.91 Å². The van der Waals surface area contributed by atoms with Gasteiger partial charge in [-0.15, -0.1) is 0 Å². The molecule has 0 spiro atoms. The second-order valence-electron chi connectivity index (χ2n) is 7.93. The Morgan fingerprint density at radius 2 is 1.96 bits per heavy atom. The molecule has 1 N–H and O–H groups in total. The molecule has 0 unspecified atom stereocenters. The molecule has 2 aliphatic rings. The van der Waals surface area contributed by atoms with Gasteiger partial charge in [0, 0.05) is 18.0 Å². The summed E-state index contributed by atoms with van der Waals surface area (Å²) in [6.45, 7) is 0.457. The number of carbonyl (C=O) groups is 1. The maximum absolute atomic E-state index is 13.7. The molecule has 0 radical (unpaired) electrons. The van der Waals surface area contributed by atoms with Crippen molar-refractivity contribution in [1.82, 2.24) is 4.90 Å². The molecule has 5 heteroatoms. The van der Waals surface area contributed by atoms with Crippen molar-refractivity contribution in [2.45, 2.75) is 43.7 Å². The zero-order chi connectivity index (χ0) is 19.7. The number of benzene rings is 2. The molecule has 2 fully saturated rings. The Labute approximate surface area is 164 Å². The molecule has 0 aromatic heterocycles. The first kappa shape index (κ1) is 18.9. The van der Waals surface area contributed by atoms with Crippen LogP contribution in [0.5, 0.6) is 5.75 Å². The maximum atomic E-state index is 13.7. The third-order valence-electron chi connectivity index (χ3n) is 6.36. The summed E-state index contributed by atoms with van der Waals surface area (Å²) >= 11 is 0. The van der Waals surface area contributed by atoms with E-state index in [0.29, 0.717) is 18.5 Å². The SMILES string of the molecule is COc1ccc([C@@H]2[C@@H]3CCCC[C@]3(O)CCN2C(=O)c2cccc(F)c2)cc1. The van der Waals surface area contributed by atoms with E-state index in [1.54, 1.807) is 19.2 Å². The van der Waals surface area contributed by atoms with E-state index in [2.05, 4.69) is 0 Å². The molecular weight excluding hydrogens is 357 g/mol. The molecule has 2 aromatic rings. The highest BCUT2D eigenvalue weighted by Crippen LogP contribution is 2.49. The van der Waals surface area contributed by atoms with Gasteiger partial charge in [-0.1, -0.05) is 31.0 Å². The minimum absolute atomic E-state index is 0.0269. The van der Waals surface area contributed by atoms with Gasteiger partial charge in [0.1, 0.15) is 11.6 Å². The Balaban J connectivity index is 1.74. The fourth-order valence-corrected chi connectivity index (χ4v) is 4.91. The van der Waals surface area contributed by atoms with Gasteiger partial charge >= 0.3 is 0 Å². The largest absolute Gasteiger partial charge is 0.497 e. The summed E-state index contributed by atoms with van der Waals surface area (Å²) in [6, 6.07) is 13.3. The summed E-state index contributed by atoms with van der Waals surface area (Å²) < 4.78 is 19.0. The average Bonchev–Trinajstić information content (AvgIpc) is 2.72. The Morgan fingerprint density at radius 3 is 2.68 bits per heavy atom. The first-order valence-corrected chi connectivity index (χ1v) is 9.95. The third-order valence-corrected chi connectivity index (χ3v) is 6.36. The quantitative estimate of drug-likeness (QED) is 0.858. The summed E-state index contributed by atoms with van der Waals surface area (Å²) in [5, 5.41) is 11.3. The van der Waals surface area contributed by atoms with Gasteiger partial charge in [0.2, 0.25) is 0 Å². The number of amides is 1. The minimum Gasteiger partial charge on any atom is -0.497 e. The summed E-state index contributed by atoms with van der Waals surface area (Å²) in [6.07, 6.45) is 4.26. The van der Waals surface area contributed by atoms with Crippen LogP contribution in [-0.4, -0.2) is 35.2 Å². The number of rotatable bonds is 3. The van der Waals surface area contributed by atoms with Crippen molar-refractivity contribution in [2.24, 2.45) is 5.92 Å². The van der Waals surface area contributed by atoms with E-state index in [1.165, 1.54) is 12.1 Å². The predicted molar refractivity (Wildman–Crippen MR) is 105 cm³/mol. The van der Waals surface area contributed by atoms with Crippen molar-refractivity contribution in [3.8, 4) is 5.75 Å². The van der Waals surface area contributed by atoms with E-state index in [9.17, 15) is 14.3 Å². The van der Waals surface area contributed by atoms with Gasteiger partial charge in [-0.25, -0.2) is 4.39 Å². The van der Waals surface area contributed by atoms with Crippen molar-refractivity contribution >= 4 is 5.91 Å². The number of hydrogen-bond acceptors (Lipinski definition) is 3. The number of fused-ring (bicyclic) bond motifs is 1. The summed E-state index contributed by atoms with van der Waals surface area (Å²) in [4.78, 5) is 15.1. The molecule has 1 amide bonds. The van der Waals surface area contributed by atoms with E-state index >= 15 is 0 Å². The number of ether oxygens (including phenoxy) is 1. The van der Waals surface area contributed by atoms with E-state index < -0.39 is 11.4 Å². The van der Waals surface area contributed by atoms with Gasteiger partial charge < -0.3 is 14.7 Å². The smallest absolute Gasteiger partial charge is 0.254 e. The summed E-state index contributed by atoms with van der Waals surface area (Å²) in [7, 11) is 1.62. The standard InChI is InChI=1S/C23H26FNO3/c1-28-19-10-8-16(9-11-19)21-20-7-2-3-12-23(20,27)13-14-25(21)22(26)17-5-4-6-18(24)15-17/h4-6,8-11,15,20-21,27H,2-3,7,12-14H2,1H3/t20-,21+,23-/m0/s1. The fourth-order valence-electron chi connectivity index (χ4n) is 4.91. The number of methoxy groups -OCH3 is 1. The van der Waals surface area contributed by atoms with E-state index in [1.807, 2.05) is 29.2 Å². The lowest BCUT2D eigenvalue weighted by Gasteiger charge is -2.52. The molecule has 3 atom stereocenters. The predicted octanol–water partition coefficient (Wildman–Crippen LogP) is 4.34. The molecule has 1 saturated heterocycles. The van der Waals surface area contributed by atoms with Gasteiger partial charge in [0.05, 0.1) is 18.8 Å². The average molecular weight is 383 g/mol. The van der Waals surface area contributed by atoms with Gasteiger partial charge in [0.15, 0.2) is 0 Å². The van der Waals surface area contributed by atoms with E-state index in [-0.39, 0.29) is 17.9 Å². The molecule has 1 saturated carbocycles. The number of aliphatic hydroxyl groups is 1. The summed E-state index contributed by atoms with van der Waals surface area (Å²) in [5.41, 5.74) is 0.581. The molecule has 0 bridgehead atoms. The number of halogens is 1. The van der Waals surface area contributed by atoms with Gasteiger partial charge in [-0.05, 0) is 55.2 Å². The molecule has 1 aliphatic heterocycles. The number of nitrogens with zero attached hydrogens (tertiary/aromatic N) is 1. The molecule has 1 aliphatic carbocycles. The second kappa shape index (κ2) is 7.55. The topological polar surface area (TPSA) is 49.8 Å². The number of piperidine rings is 1. The van der Waals surface area contributed by atoms with Crippen LogP contribution in [0.15, 0.2) is 48.5 Å². The van der Waals surface area contributed by atoms with Crippen LogP contribution in [0.4, 0.5) is 4.39 Å². The van der Waals surface area contributed by atoms with Crippen LogP contribution in [0.3, 0.4) is 0 Å². The zero-order valence-corrected chi connectivity index (χ0v) is 16.1. The number of hydrogen-bond donors (Lipinski definition) is 1. The first-order chi connectivity index (χ1) is 13.5. The van der Waals surface area contributed by atoms with Crippen LogP contribution >= 0.6 is 0 Å². The van der Waals surface area contributed by atoms with Gasteiger partial charge in [-0.3, -0.25) is 4.79 Å². The lowest BCUT2D eigenvalue weighted by atomic mass is 9.66. The molecule has 4 rings (SSSR count).